The fraction of sp³-hybridized carbons (Fsp3) is 0.600. The fourth-order valence-electron chi connectivity index (χ4n) is 2.30. The zero-order valence-electron chi connectivity index (χ0n) is 12.5. The van der Waals surface area contributed by atoms with Gasteiger partial charge >= 0.3 is 0 Å². The van der Waals surface area contributed by atoms with Crippen molar-refractivity contribution in [1.82, 2.24) is 0 Å². The summed E-state index contributed by atoms with van der Waals surface area (Å²) in [5.41, 5.74) is 7.21. The minimum Gasteiger partial charge on any atom is -0.493 e. The van der Waals surface area contributed by atoms with Crippen LogP contribution in [0.5, 0.6) is 17.2 Å². The van der Waals surface area contributed by atoms with Crippen molar-refractivity contribution in [1.29, 1.82) is 0 Å². The molecule has 0 aliphatic carbocycles. The van der Waals surface area contributed by atoms with Crippen molar-refractivity contribution in [2.75, 3.05) is 21.3 Å². The maximum atomic E-state index is 6.16. The van der Waals surface area contributed by atoms with E-state index in [2.05, 4.69) is 13.8 Å². The number of hydrogen-bond donors (Lipinski definition) is 1. The molecule has 0 aliphatic heterocycles. The molecule has 0 bridgehead atoms. The maximum Gasteiger partial charge on any atom is 0.203 e. The molecule has 1 rings (SSSR count). The molecule has 0 saturated heterocycles. The van der Waals surface area contributed by atoms with Crippen LogP contribution in [0.15, 0.2) is 12.1 Å². The first-order valence-electron chi connectivity index (χ1n) is 6.56. The van der Waals surface area contributed by atoms with Crippen LogP contribution in [0.4, 0.5) is 0 Å². The van der Waals surface area contributed by atoms with E-state index < -0.39 is 0 Å². The first-order valence-corrected chi connectivity index (χ1v) is 6.56. The van der Waals surface area contributed by atoms with Crippen LogP contribution in [0.1, 0.15) is 25.8 Å². The van der Waals surface area contributed by atoms with Crippen molar-refractivity contribution >= 4 is 0 Å². The minimum atomic E-state index is 0.118. The van der Waals surface area contributed by atoms with E-state index in [1.807, 2.05) is 12.1 Å². The molecule has 0 heterocycles. The number of benzene rings is 1. The molecule has 1 atom stereocenters. The number of hydrogen-bond acceptors (Lipinski definition) is 4. The summed E-state index contributed by atoms with van der Waals surface area (Å²) in [6.07, 6.45) is 1.75. The average Bonchev–Trinajstić information content (AvgIpc) is 2.36. The Labute approximate surface area is 115 Å². The molecule has 1 aromatic rings. The maximum absolute atomic E-state index is 6.16. The summed E-state index contributed by atoms with van der Waals surface area (Å²) in [6, 6.07) is 3.99. The van der Waals surface area contributed by atoms with Gasteiger partial charge in [-0.15, -0.1) is 0 Å². The van der Waals surface area contributed by atoms with E-state index in [0.29, 0.717) is 23.2 Å². The van der Waals surface area contributed by atoms with Crippen molar-refractivity contribution < 1.29 is 14.2 Å². The molecule has 0 fully saturated rings. The van der Waals surface area contributed by atoms with Gasteiger partial charge in [0.25, 0.3) is 0 Å². The second-order valence-corrected chi connectivity index (χ2v) is 5.09. The summed E-state index contributed by atoms with van der Waals surface area (Å²) in [4.78, 5) is 0. The van der Waals surface area contributed by atoms with Crippen molar-refractivity contribution in [3.8, 4) is 17.2 Å². The van der Waals surface area contributed by atoms with Crippen LogP contribution in [-0.2, 0) is 6.42 Å². The molecule has 2 N–H and O–H groups in total. The van der Waals surface area contributed by atoms with Crippen LogP contribution < -0.4 is 19.9 Å². The first-order chi connectivity index (χ1) is 9.03. The second-order valence-electron chi connectivity index (χ2n) is 5.09. The van der Waals surface area contributed by atoms with E-state index in [1.54, 1.807) is 21.3 Å². The summed E-state index contributed by atoms with van der Waals surface area (Å²) in [5.74, 6) is 2.59. The number of ether oxygens (including phenoxy) is 3. The van der Waals surface area contributed by atoms with Crippen LogP contribution in [-0.4, -0.2) is 27.4 Å². The lowest BCUT2D eigenvalue weighted by Gasteiger charge is -2.19. The van der Waals surface area contributed by atoms with Gasteiger partial charge in [0, 0.05) is 6.04 Å². The third-order valence-electron chi connectivity index (χ3n) is 3.04. The van der Waals surface area contributed by atoms with Gasteiger partial charge in [-0.25, -0.2) is 0 Å². The summed E-state index contributed by atoms with van der Waals surface area (Å²) >= 11 is 0. The van der Waals surface area contributed by atoms with Gasteiger partial charge in [-0.1, -0.05) is 19.9 Å². The van der Waals surface area contributed by atoms with Gasteiger partial charge in [0.15, 0.2) is 11.5 Å². The Kier molecular flexibility index (Phi) is 5.96. The molecule has 4 nitrogen and oxygen atoms in total. The van der Waals surface area contributed by atoms with Gasteiger partial charge in [0.1, 0.15) is 0 Å². The van der Waals surface area contributed by atoms with Crippen molar-refractivity contribution in [2.45, 2.75) is 32.7 Å². The van der Waals surface area contributed by atoms with E-state index in [-0.39, 0.29) is 6.04 Å². The normalized spacial score (nSPS) is 12.4. The molecular weight excluding hydrogens is 242 g/mol. The predicted molar refractivity (Wildman–Crippen MR) is 77.2 cm³/mol. The lowest BCUT2D eigenvalue weighted by Crippen LogP contribution is -2.25. The van der Waals surface area contributed by atoms with E-state index in [4.69, 9.17) is 19.9 Å². The SMILES string of the molecule is COc1ccc(CC(N)CC(C)C)c(OC)c1OC. The molecule has 19 heavy (non-hydrogen) atoms. The standard InChI is InChI=1S/C15H25NO3/c1-10(2)8-12(16)9-11-6-7-13(17-3)15(19-5)14(11)18-4/h6-7,10,12H,8-9,16H2,1-5H3. The molecule has 108 valence electrons. The van der Waals surface area contributed by atoms with E-state index in [9.17, 15) is 0 Å². The molecule has 0 saturated carbocycles. The Hall–Kier alpha value is -1.42. The van der Waals surface area contributed by atoms with Gasteiger partial charge in [-0.2, -0.15) is 0 Å². The van der Waals surface area contributed by atoms with E-state index in [1.165, 1.54) is 0 Å². The lowest BCUT2D eigenvalue weighted by molar-refractivity contribution is 0.321. The third-order valence-corrected chi connectivity index (χ3v) is 3.04. The minimum absolute atomic E-state index is 0.118. The topological polar surface area (TPSA) is 53.7 Å². The van der Waals surface area contributed by atoms with Crippen LogP contribution in [0.2, 0.25) is 0 Å². The molecule has 0 aromatic heterocycles. The van der Waals surface area contributed by atoms with Crippen LogP contribution >= 0.6 is 0 Å². The summed E-state index contributed by atoms with van der Waals surface area (Å²) in [6.45, 7) is 4.34. The molecule has 1 unspecified atom stereocenters. The smallest absolute Gasteiger partial charge is 0.203 e. The quantitative estimate of drug-likeness (QED) is 0.825. The molecular formula is C15H25NO3. The Balaban J connectivity index is 3.01. The van der Waals surface area contributed by atoms with Gasteiger partial charge in [0.2, 0.25) is 5.75 Å². The molecule has 0 radical (unpaired) electrons. The molecule has 0 spiro atoms. The highest BCUT2D eigenvalue weighted by Gasteiger charge is 2.17. The predicted octanol–water partition coefficient (Wildman–Crippen LogP) is 2.63. The van der Waals surface area contributed by atoms with Crippen LogP contribution in [0.3, 0.4) is 0 Å². The Morgan fingerprint density at radius 1 is 1.00 bits per heavy atom. The Morgan fingerprint density at radius 2 is 1.63 bits per heavy atom. The third kappa shape index (κ3) is 4.03. The average molecular weight is 267 g/mol. The second kappa shape index (κ2) is 7.24. The highest BCUT2D eigenvalue weighted by atomic mass is 16.5. The van der Waals surface area contributed by atoms with Crippen molar-refractivity contribution in [2.24, 2.45) is 11.7 Å². The Morgan fingerprint density at radius 3 is 2.11 bits per heavy atom. The van der Waals surface area contributed by atoms with Crippen molar-refractivity contribution in [3.05, 3.63) is 17.7 Å². The van der Waals surface area contributed by atoms with Crippen molar-refractivity contribution in [3.63, 3.8) is 0 Å². The lowest BCUT2D eigenvalue weighted by atomic mass is 9.97. The monoisotopic (exact) mass is 267 g/mol. The molecule has 0 aliphatic rings. The van der Waals surface area contributed by atoms with Gasteiger partial charge < -0.3 is 19.9 Å². The molecule has 4 heteroatoms. The van der Waals surface area contributed by atoms with Gasteiger partial charge in [0.05, 0.1) is 21.3 Å². The van der Waals surface area contributed by atoms with Crippen LogP contribution in [0.25, 0.3) is 0 Å². The highest BCUT2D eigenvalue weighted by molar-refractivity contribution is 5.55. The summed E-state index contributed by atoms with van der Waals surface area (Å²) < 4.78 is 16.1. The number of rotatable bonds is 7. The Bertz CT molecular complexity index is 405. The van der Waals surface area contributed by atoms with Gasteiger partial charge in [-0.3, -0.25) is 0 Å². The largest absolute Gasteiger partial charge is 0.493 e. The van der Waals surface area contributed by atoms with Gasteiger partial charge in [-0.05, 0) is 30.4 Å². The number of methoxy groups -OCH3 is 3. The fourth-order valence-corrected chi connectivity index (χ4v) is 2.30. The molecule has 1 aromatic carbocycles. The van der Waals surface area contributed by atoms with E-state index >= 15 is 0 Å². The number of nitrogens with two attached hydrogens (primary N) is 1. The van der Waals surface area contributed by atoms with E-state index in [0.717, 1.165) is 18.4 Å². The summed E-state index contributed by atoms with van der Waals surface area (Å²) in [5, 5.41) is 0. The zero-order valence-corrected chi connectivity index (χ0v) is 12.5. The summed E-state index contributed by atoms with van der Waals surface area (Å²) in [7, 11) is 4.86. The highest BCUT2D eigenvalue weighted by Crippen LogP contribution is 2.40. The van der Waals surface area contributed by atoms with Crippen LogP contribution in [0, 0.1) is 5.92 Å². The molecule has 0 amide bonds. The zero-order chi connectivity index (χ0) is 14.4. The first kappa shape index (κ1) is 15.6.